The lowest BCUT2D eigenvalue weighted by Crippen LogP contribution is -2.35. The maximum absolute atomic E-state index is 12.9. The van der Waals surface area contributed by atoms with Crippen LogP contribution < -0.4 is 0 Å². The molecule has 0 bridgehead atoms. The van der Waals surface area contributed by atoms with E-state index in [2.05, 4.69) is 23.2 Å². The van der Waals surface area contributed by atoms with Gasteiger partial charge in [-0.25, -0.2) is 4.79 Å². The minimum absolute atomic E-state index is 0.0842. The zero-order valence-electron chi connectivity index (χ0n) is 14.8. The lowest BCUT2D eigenvalue weighted by Gasteiger charge is -2.26. The maximum atomic E-state index is 12.9. The van der Waals surface area contributed by atoms with Crippen LogP contribution in [0.1, 0.15) is 44.1 Å². The second-order valence-electron chi connectivity index (χ2n) is 6.21. The molecule has 5 nitrogen and oxygen atoms in total. The van der Waals surface area contributed by atoms with Crippen LogP contribution in [0.25, 0.3) is 5.57 Å². The van der Waals surface area contributed by atoms with E-state index in [1.165, 1.54) is 18.2 Å². The maximum Gasteiger partial charge on any atom is 0.339 e. The Hall–Kier alpha value is -2.82. The summed E-state index contributed by atoms with van der Waals surface area (Å²) >= 11 is 0. The van der Waals surface area contributed by atoms with Gasteiger partial charge in [0.1, 0.15) is 5.69 Å². The third-order valence-electron chi connectivity index (χ3n) is 4.68. The summed E-state index contributed by atoms with van der Waals surface area (Å²) in [5, 5.41) is 0. The molecule has 0 atom stereocenters. The number of aromatic amines is 1. The average molecular weight is 338 g/mol. The Bertz CT molecular complexity index is 834. The first-order valence-corrected chi connectivity index (χ1v) is 8.34. The second kappa shape index (κ2) is 6.97. The van der Waals surface area contributed by atoms with Crippen molar-refractivity contribution in [1.82, 2.24) is 9.88 Å². The number of rotatable bonds is 3. The molecule has 0 spiro atoms. The number of H-pyrrole nitrogens is 1. The number of nitrogens with zero attached hydrogens (tertiary/aromatic N) is 1. The Morgan fingerprint density at radius 3 is 2.48 bits per heavy atom. The fourth-order valence-corrected chi connectivity index (χ4v) is 3.30. The van der Waals surface area contributed by atoms with Crippen LogP contribution in [0.2, 0.25) is 0 Å². The van der Waals surface area contributed by atoms with Gasteiger partial charge in [0.05, 0.1) is 12.7 Å². The lowest BCUT2D eigenvalue weighted by molar-refractivity contribution is 0.0599. The summed E-state index contributed by atoms with van der Waals surface area (Å²) in [5.74, 6) is -0.505. The van der Waals surface area contributed by atoms with Crippen molar-refractivity contribution >= 4 is 17.4 Å². The molecule has 1 N–H and O–H groups in total. The molecule has 25 heavy (non-hydrogen) atoms. The summed E-state index contributed by atoms with van der Waals surface area (Å²) < 4.78 is 4.81. The molecule has 1 aliphatic heterocycles. The van der Waals surface area contributed by atoms with Gasteiger partial charge in [0, 0.05) is 18.8 Å². The van der Waals surface area contributed by atoms with Crippen molar-refractivity contribution in [3.63, 3.8) is 0 Å². The molecule has 0 radical (unpaired) electrons. The molecule has 3 rings (SSSR count). The van der Waals surface area contributed by atoms with Crippen LogP contribution in [-0.2, 0) is 4.74 Å². The van der Waals surface area contributed by atoms with E-state index < -0.39 is 5.97 Å². The standard InChI is InChI=1S/C20H22N2O3/c1-13-17(20(24)25-3)14(2)21-18(13)19(23)22-11-9-16(10-12-22)15-7-5-4-6-8-15/h4-9,21H,10-12H2,1-3H3. The highest BCUT2D eigenvalue weighted by molar-refractivity contribution is 6.00. The van der Waals surface area contributed by atoms with E-state index in [1.807, 2.05) is 18.2 Å². The Kier molecular flexibility index (Phi) is 4.74. The summed E-state index contributed by atoms with van der Waals surface area (Å²) in [7, 11) is 1.34. The molecule has 5 heteroatoms. The van der Waals surface area contributed by atoms with Gasteiger partial charge in [-0.05, 0) is 37.0 Å². The lowest BCUT2D eigenvalue weighted by atomic mass is 9.99. The minimum Gasteiger partial charge on any atom is -0.465 e. The molecule has 0 unspecified atom stereocenters. The molecule has 2 heterocycles. The molecule has 0 saturated heterocycles. The molecular formula is C20H22N2O3. The SMILES string of the molecule is COC(=O)c1c(C)[nH]c(C(=O)N2CC=C(c3ccccc3)CC2)c1C. The molecule has 1 amide bonds. The summed E-state index contributed by atoms with van der Waals surface area (Å²) in [6, 6.07) is 10.2. The van der Waals surface area contributed by atoms with Crippen molar-refractivity contribution in [1.29, 1.82) is 0 Å². The number of hydrogen-bond acceptors (Lipinski definition) is 3. The number of ether oxygens (including phenoxy) is 1. The number of aromatic nitrogens is 1. The smallest absolute Gasteiger partial charge is 0.339 e. The predicted molar refractivity (Wildman–Crippen MR) is 96.5 cm³/mol. The molecule has 1 aliphatic rings. The van der Waals surface area contributed by atoms with Gasteiger partial charge in [0.2, 0.25) is 0 Å². The second-order valence-corrected chi connectivity index (χ2v) is 6.21. The van der Waals surface area contributed by atoms with E-state index in [0.29, 0.717) is 35.6 Å². The Morgan fingerprint density at radius 1 is 1.16 bits per heavy atom. The van der Waals surface area contributed by atoms with E-state index in [-0.39, 0.29) is 5.91 Å². The van der Waals surface area contributed by atoms with Gasteiger partial charge in [-0.3, -0.25) is 4.79 Å². The van der Waals surface area contributed by atoms with Gasteiger partial charge in [0.15, 0.2) is 0 Å². The molecule has 1 aromatic heterocycles. The highest BCUT2D eigenvalue weighted by Gasteiger charge is 2.26. The number of aryl methyl sites for hydroxylation is 1. The van der Waals surface area contributed by atoms with Crippen molar-refractivity contribution in [2.24, 2.45) is 0 Å². The zero-order chi connectivity index (χ0) is 18.0. The van der Waals surface area contributed by atoms with Gasteiger partial charge >= 0.3 is 5.97 Å². The third-order valence-corrected chi connectivity index (χ3v) is 4.68. The average Bonchev–Trinajstić information content (AvgIpc) is 2.95. The topological polar surface area (TPSA) is 62.4 Å². The van der Waals surface area contributed by atoms with E-state index in [9.17, 15) is 9.59 Å². The fourth-order valence-electron chi connectivity index (χ4n) is 3.30. The number of benzene rings is 1. The first-order chi connectivity index (χ1) is 12.0. The van der Waals surface area contributed by atoms with E-state index in [4.69, 9.17) is 4.74 Å². The molecular weight excluding hydrogens is 316 g/mol. The highest BCUT2D eigenvalue weighted by Crippen LogP contribution is 2.25. The van der Waals surface area contributed by atoms with Crippen LogP contribution >= 0.6 is 0 Å². The minimum atomic E-state index is -0.421. The number of amides is 1. The van der Waals surface area contributed by atoms with Gasteiger partial charge in [-0.1, -0.05) is 36.4 Å². The third kappa shape index (κ3) is 3.22. The number of nitrogens with one attached hydrogen (secondary N) is 1. The van der Waals surface area contributed by atoms with Gasteiger partial charge < -0.3 is 14.6 Å². The summed E-state index contributed by atoms with van der Waals surface area (Å²) in [5.41, 5.74) is 4.68. The monoisotopic (exact) mass is 338 g/mol. The van der Waals surface area contributed by atoms with Crippen molar-refractivity contribution in [2.75, 3.05) is 20.2 Å². The van der Waals surface area contributed by atoms with Crippen molar-refractivity contribution in [3.05, 3.63) is 64.5 Å². The molecule has 0 aliphatic carbocycles. The molecule has 130 valence electrons. The van der Waals surface area contributed by atoms with E-state index in [1.54, 1.807) is 18.7 Å². The molecule has 0 saturated carbocycles. The van der Waals surface area contributed by atoms with E-state index in [0.717, 1.165) is 6.42 Å². The van der Waals surface area contributed by atoms with Crippen LogP contribution in [0.4, 0.5) is 0 Å². The zero-order valence-corrected chi connectivity index (χ0v) is 14.8. The highest BCUT2D eigenvalue weighted by atomic mass is 16.5. The van der Waals surface area contributed by atoms with Gasteiger partial charge in [-0.2, -0.15) is 0 Å². The number of carbonyl (C=O) groups is 2. The van der Waals surface area contributed by atoms with Crippen molar-refractivity contribution in [3.8, 4) is 0 Å². The van der Waals surface area contributed by atoms with Crippen LogP contribution in [0.15, 0.2) is 36.4 Å². The molecule has 0 fully saturated rings. The van der Waals surface area contributed by atoms with E-state index >= 15 is 0 Å². The van der Waals surface area contributed by atoms with Crippen molar-refractivity contribution in [2.45, 2.75) is 20.3 Å². The van der Waals surface area contributed by atoms with Crippen LogP contribution in [-0.4, -0.2) is 42.0 Å². The van der Waals surface area contributed by atoms with Crippen LogP contribution in [0.5, 0.6) is 0 Å². The number of esters is 1. The largest absolute Gasteiger partial charge is 0.465 e. The first-order valence-electron chi connectivity index (χ1n) is 8.34. The molecule has 2 aromatic rings. The number of carbonyl (C=O) groups excluding carboxylic acids is 2. The predicted octanol–water partition coefficient (Wildman–Crippen LogP) is 3.35. The first kappa shape index (κ1) is 17.0. The summed E-state index contributed by atoms with van der Waals surface area (Å²) in [4.78, 5) is 29.6. The summed E-state index contributed by atoms with van der Waals surface area (Å²) in [6.07, 6.45) is 2.92. The Labute approximate surface area is 147 Å². The van der Waals surface area contributed by atoms with Crippen LogP contribution in [0, 0.1) is 13.8 Å². The number of methoxy groups -OCH3 is 1. The van der Waals surface area contributed by atoms with Gasteiger partial charge in [0.25, 0.3) is 5.91 Å². The van der Waals surface area contributed by atoms with Crippen LogP contribution in [0.3, 0.4) is 0 Å². The fraction of sp³-hybridized carbons (Fsp3) is 0.300. The Morgan fingerprint density at radius 2 is 1.88 bits per heavy atom. The van der Waals surface area contributed by atoms with Gasteiger partial charge in [-0.15, -0.1) is 0 Å². The molecule has 1 aromatic carbocycles. The summed E-state index contributed by atoms with van der Waals surface area (Å²) in [6.45, 7) is 4.77. The normalized spacial score (nSPS) is 14.2. The Balaban J connectivity index is 1.80. The number of hydrogen-bond donors (Lipinski definition) is 1. The quantitative estimate of drug-likeness (QED) is 0.873. The van der Waals surface area contributed by atoms with Crippen molar-refractivity contribution < 1.29 is 14.3 Å².